The third-order valence-electron chi connectivity index (χ3n) is 5.95. The number of nitrogens with zero attached hydrogens (tertiary/aromatic N) is 2. The summed E-state index contributed by atoms with van der Waals surface area (Å²) in [5.74, 6) is -0.375. The van der Waals surface area contributed by atoms with Crippen LogP contribution >= 0.6 is 0 Å². The van der Waals surface area contributed by atoms with Gasteiger partial charge in [-0.1, -0.05) is 26.0 Å². The van der Waals surface area contributed by atoms with Crippen LogP contribution in [0.2, 0.25) is 0 Å². The van der Waals surface area contributed by atoms with E-state index in [0.29, 0.717) is 37.3 Å². The number of hydrogen-bond donors (Lipinski definition) is 1. The molecule has 3 aliphatic heterocycles. The highest BCUT2D eigenvalue weighted by molar-refractivity contribution is 6.04. The van der Waals surface area contributed by atoms with Gasteiger partial charge in [-0.3, -0.25) is 14.4 Å². The van der Waals surface area contributed by atoms with E-state index >= 15 is 0 Å². The number of hydrazine groups is 1. The van der Waals surface area contributed by atoms with E-state index < -0.39 is 0 Å². The molecular weight excluding hydrogens is 330 g/mol. The molecule has 1 N–H and O–H groups in total. The number of hydrogen-bond acceptors (Lipinski definition) is 4. The van der Waals surface area contributed by atoms with Crippen molar-refractivity contribution in [2.45, 2.75) is 52.0 Å². The largest absolute Gasteiger partial charge is 0.316 e. The monoisotopic (exact) mass is 355 g/mol. The predicted molar refractivity (Wildman–Crippen MR) is 96.0 cm³/mol. The maximum atomic E-state index is 12.8. The van der Waals surface area contributed by atoms with Crippen molar-refractivity contribution in [1.29, 1.82) is 0 Å². The molecule has 6 heteroatoms. The van der Waals surface area contributed by atoms with Gasteiger partial charge in [0.1, 0.15) is 0 Å². The van der Waals surface area contributed by atoms with Gasteiger partial charge in [0.25, 0.3) is 5.91 Å². The fourth-order valence-electron chi connectivity index (χ4n) is 4.50. The average Bonchev–Trinajstić information content (AvgIpc) is 2.90. The van der Waals surface area contributed by atoms with Gasteiger partial charge in [-0.25, -0.2) is 5.01 Å². The summed E-state index contributed by atoms with van der Waals surface area (Å²) >= 11 is 0. The van der Waals surface area contributed by atoms with Gasteiger partial charge < -0.3 is 5.32 Å². The maximum Gasteiger partial charge on any atom is 0.273 e. The first kappa shape index (κ1) is 17.2. The molecule has 0 aromatic heterocycles. The van der Waals surface area contributed by atoms with Crippen molar-refractivity contribution < 1.29 is 14.4 Å². The molecule has 0 bridgehead atoms. The van der Waals surface area contributed by atoms with E-state index in [1.54, 1.807) is 0 Å². The van der Waals surface area contributed by atoms with Gasteiger partial charge in [0.15, 0.2) is 0 Å². The number of piperidine rings is 2. The van der Waals surface area contributed by atoms with E-state index in [-0.39, 0.29) is 23.1 Å². The quantitative estimate of drug-likeness (QED) is 0.826. The van der Waals surface area contributed by atoms with Crippen LogP contribution in [0.5, 0.6) is 0 Å². The second kappa shape index (κ2) is 6.20. The summed E-state index contributed by atoms with van der Waals surface area (Å²) in [7, 11) is 0. The van der Waals surface area contributed by atoms with E-state index in [0.717, 1.165) is 30.1 Å². The Labute approximate surface area is 153 Å². The molecule has 4 rings (SSSR count). The molecule has 1 aromatic carbocycles. The molecule has 6 nitrogen and oxygen atoms in total. The molecule has 138 valence electrons. The number of carbonyl (C=O) groups is 3. The number of carbonyl (C=O) groups excluding carboxylic acids is 3. The third kappa shape index (κ3) is 2.72. The zero-order chi connectivity index (χ0) is 18.5. The molecule has 2 fully saturated rings. The fourth-order valence-corrected chi connectivity index (χ4v) is 4.50. The van der Waals surface area contributed by atoms with Gasteiger partial charge in [-0.05, 0) is 47.9 Å². The Morgan fingerprint density at radius 3 is 2.54 bits per heavy atom. The molecule has 2 saturated heterocycles. The highest BCUT2D eigenvalue weighted by Crippen LogP contribution is 2.41. The number of rotatable bonds is 2. The van der Waals surface area contributed by atoms with E-state index in [1.807, 2.05) is 12.1 Å². The Bertz CT molecular complexity index is 771. The smallest absolute Gasteiger partial charge is 0.273 e. The molecule has 26 heavy (non-hydrogen) atoms. The number of nitrogens with one attached hydrogen (secondary N) is 1. The summed E-state index contributed by atoms with van der Waals surface area (Å²) in [5, 5.41) is 5.84. The lowest BCUT2D eigenvalue weighted by Crippen LogP contribution is -2.51. The van der Waals surface area contributed by atoms with E-state index in [9.17, 15) is 14.4 Å². The molecule has 0 saturated carbocycles. The van der Waals surface area contributed by atoms with E-state index in [1.165, 1.54) is 10.6 Å². The summed E-state index contributed by atoms with van der Waals surface area (Å²) in [6.07, 6.45) is 2.27. The summed E-state index contributed by atoms with van der Waals surface area (Å²) in [6, 6.07) is 6.01. The summed E-state index contributed by atoms with van der Waals surface area (Å²) in [5.41, 5.74) is 2.90. The standard InChI is InChI=1S/C20H25N3O3/c1-20(2)12-21-9-8-16(20)13-6-7-15-14(10-13)11-22(19(15)26)23-17(24)4-3-5-18(23)25/h6-7,10,16,21H,3-5,8-9,11-12H2,1-2H3. The summed E-state index contributed by atoms with van der Waals surface area (Å²) < 4.78 is 0. The maximum absolute atomic E-state index is 12.8. The summed E-state index contributed by atoms with van der Waals surface area (Å²) in [4.78, 5) is 37.2. The number of amides is 3. The van der Waals surface area contributed by atoms with Crippen LogP contribution < -0.4 is 5.32 Å². The molecule has 0 aliphatic carbocycles. The van der Waals surface area contributed by atoms with Gasteiger partial charge >= 0.3 is 0 Å². The van der Waals surface area contributed by atoms with Crippen LogP contribution in [0.25, 0.3) is 0 Å². The summed E-state index contributed by atoms with van der Waals surface area (Å²) in [6.45, 7) is 6.79. The predicted octanol–water partition coefficient (Wildman–Crippen LogP) is 2.20. The van der Waals surface area contributed by atoms with Gasteiger partial charge in [-0.2, -0.15) is 5.01 Å². The lowest BCUT2D eigenvalue weighted by molar-refractivity contribution is -0.163. The Kier molecular flexibility index (Phi) is 4.10. The highest BCUT2D eigenvalue weighted by Gasteiger charge is 2.40. The third-order valence-corrected chi connectivity index (χ3v) is 5.95. The molecule has 1 unspecified atom stereocenters. The first-order valence-corrected chi connectivity index (χ1v) is 9.39. The van der Waals surface area contributed by atoms with Gasteiger partial charge in [-0.15, -0.1) is 0 Å². The number of benzene rings is 1. The van der Waals surface area contributed by atoms with Crippen molar-refractivity contribution >= 4 is 17.7 Å². The fraction of sp³-hybridized carbons (Fsp3) is 0.550. The SMILES string of the molecule is CC1(C)CNCCC1c1ccc2c(c1)CN(N1C(=O)CCCC1=O)C2=O. The second-order valence-electron chi connectivity index (χ2n) is 8.24. The minimum Gasteiger partial charge on any atom is -0.316 e. The molecule has 3 heterocycles. The van der Waals surface area contributed by atoms with Crippen LogP contribution in [0.1, 0.15) is 66.9 Å². The minimum atomic E-state index is -0.276. The van der Waals surface area contributed by atoms with Crippen molar-refractivity contribution in [2.24, 2.45) is 5.41 Å². The zero-order valence-electron chi connectivity index (χ0n) is 15.4. The van der Waals surface area contributed by atoms with E-state index in [4.69, 9.17) is 0 Å². The molecule has 0 radical (unpaired) electrons. The minimum absolute atomic E-state index is 0.146. The van der Waals surface area contributed by atoms with Gasteiger partial charge in [0, 0.05) is 24.9 Å². The number of fused-ring (bicyclic) bond motifs is 1. The molecular formula is C20H25N3O3. The van der Waals surface area contributed by atoms with Crippen molar-refractivity contribution in [3.8, 4) is 0 Å². The number of imide groups is 1. The highest BCUT2D eigenvalue weighted by atomic mass is 16.2. The normalized spacial score (nSPS) is 25.6. The van der Waals surface area contributed by atoms with Crippen molar-refractivity contribution in [1.82, 2.24) is 15.3 Å². The first-order chi connectivity index (χ1) is 12.4. The van der Waals surface area contributed by atoms with Gasteiger partial charge in [0.2, 0.25) is 11.8 Å². The Hall–Kier alpha value is -2.21. The molecule has 3 aliphatic rings. The van der Waals surface area contributed by atoms with E-state index in [2.05, 4.69) is 25.2 Å². The molecule has 3 amide bonds. The zero-order valence-corrected chi connectivity index (χ0v) is 15.4. The second-order valence-corrected chi connectivity index (χ2v) is 8.24. The topological polar surface area (TPSA) is 69.7 Å². The Morgan fingerprint density at radius 1 is 1.12 bits per heavy atom. The van der Waals surface area contributed by atoms with Crippen LogP contribution in [0.15, 0.2) is 18.2 Å². The average molecular weight is 355 g/mol. The molecule has 0 spiro atoms. The van der Waals surface area contributed by atoms with Crippen LogP contribution in [0.3, 0.4) is 0 Å². The van der Waals surface area contributed by atoms with Crippen LogP contribution in [-0.2, 0) is 16.1 Å². The molecule has 1 atom stereocenters. The lowest BCUT2D eigenvalue weighted by Gasteiger charge is -2.39. The van der Waals surface area contributed by atoms with Crippen LogP contribution in [-0.4, -0.2) is 40.8 Å². The lowest BCUT2D eigenvalue weighted by atomic mass is 9.71. The first-order valence-electron chi connectivity index (χ1n) is 9.39. The molecule has 1 aromatic rings. The van der Waals surface area contributed by atoms with Gasteiger partial charge in [0.05, 0.1) is 6.54 Å². The van der Waals surface area contributed by atoms with Crippen molar-refractivity contribution in [2.75, 3.05) is 13.1 Å². The van der Waals surface area contributed by atoms with Crippen LogP contribution in [0, 0.1) is 5.41 Å². The van der Waals surface area contributed by atoms with Crippen molar-refractivity contribution in [3.63, 3.8) is 0 Å². The Morgan fingerprint density at radius 2 is 1.85 bits per heavy atom. The van der Waals surface area contributed by atoms with Crippen molar-refractivity contribution in [3.05, 3.63) is 34.9 Å². The Balaban J connectivity index is 1.63. The van der Waals surface area contributed by atoms with Crippen LogP contribution in [0.4, 0.5) is 0 Å².